The van der Waals surface area contributed by atoms with Crippen LogP contribution in [0.4, 0.5) is 0 Å². The molecule has 1 unspecified atom stereocenters. The van der Waals surface area contributed by atoms with E-state index in [1.54, 1.807) is 0 Å². The van der Waals surface area contributed by atoms with E-state index >= 15 is 0 Å². The predicted molar refractivity (Wildman–Crippen MR) is 66.9 cm³/mol. The fraction of sp³-hybridized carbons (Fsp3) is 0.538. The lowest BCUT2D eigenvalue weighted by Crippen LogP contribution is -2.36. The Balaban J connectivity index is 1.88. The van der Waals surface area contributed by atoms with Gasteiger partial charge in [0.25, 0.3) is 0 Å². The van der Waals surface area contributed by atoms with Crippen LogP contribution in [-0.4, -0.2) is 19.3 Å². The van der Waals surface area contributed by atoms with Crippen molar-refractivity contribution in [1.82, 2.24) is 5.32 Å². The summed E-state index contributed by atoms with van der Waals surface area (Å²) in [5, 5.41) is 4.34. The molecule has 1 fully saturated rings. The van der Waals surface area contributed by atoms with Crippen LogP contribution in [0.2, 0.25) is 5.02 Å². The van der Waals surface area contributed by atoms with Gasteiger partial charge >= 0.3 is 0 Å². The third-order valence-electron chi connectivity index (χ3n) is 3.05. The third-order valence-corrected chi connectivity index (χ3v) is 3.28. The smallest absolute Gasteiger partial charge is 0.0619 e. The standard InChI is InChI=1S/C13H18ClNO/c1-10-7-12(14)5-4-11(10)8-15-13-3-2-6-16-9-13/h4-5,7,13,15H,2-3,6,8-9H2,1H3. The van der Waals surface area contributed by atoms with Gasteiger partial charge in [0.2, 0.25) is 0 Å². The van der Waals surface area contributed by atoms with Crippen molar-refractivity contribution in [2.45, 2.75) is 32.4 Å². The Hall–Kier alpha value is -0.570. The Bertz CT molecular complexity index is 348. The van der Waals surface area contributed by atoms with Crippen molar-refractivity contribution in [3.05, 3.63) is 34.3 Å². The van der Waals surface area contributed by atoms with Gasteiger partial charge in [-0.05, 0) is 43.0 Å². The third kappa shape index (κ3) is 3.21. The van der Waals surface area contributed by atoms with Crippen LogP contribution in [0.25, 0.3) is 0 Å². The number of halogens is 1. The average Bonchev–Trinajstić information content (AvgIpc) is 2.29. The number of hydrogen-bond donors (Lipinski definition) is 1. The quantitative estimate of drug-likeness (QED) is 0.876. The van der Waals surface area contributed by atoms with Crippen LogP contribution in [-0.2, 0) is 11.3 Å². The average molecular weight is 240 g/mol. The molecule has 0 saturated carbocycles. The molecule has 88 valence electrons. The molecule has 2 rings (SSSR count). The molecular weight excluding hydrogens is 222 g/mol. The Morgan fingerprint density at radius 3 is 3.06 bits per heavy atom. The van der Waals surface area contributed by atoms with Crippen molar-refractivity contribution in [3.8, 4) is 0 Å². The maximum absolute atomic E-state index is 5.93. The van der Waals surface area contributed by atoms with Crippen LogP contribution in [0.3, 0.4) is 0 Å². The van der Waals surface area contributed by atoms with Crippen LogP contribution in [0.15, 0.2) is 18.2 Å². The second-order valence-electron chi connectivity index (χ2n) is 4.37. The molecule has 1 heterocycles. The summed E-state index contributed by atoms with van der Waals surface area (Å²) in [6.45, 7) is 4.75. The molecule has 0 spiro atoms. The minimum atomic E-state index is 0.504. The number of rotatable bonds is 3. The van der Waals surface area contributed by atoms with Gasteiger partial charge in [-0.25, -0.2) is 0 Å². The van der Waals surface area contributed by atoms with Gasteiger partial charge in [-0.1, -0.05) is 17.7 Å². The van der Waals surface area contributed by atoms with Crippen molar-refractivity contribution in [3.63, 3.8) is 0 Å². The van der Waals surface area contributed by atoms with E-state index < -0.39 is 0 Å². The highest BCUT2D eigenvalue weighted by molar-refractivity contribution is 6.30. The first-order valence-corrected chi connectivity index (χ1v) is 6.19. The van der Waals surface area contributed by atoms with E-state index in [1.807, 2.05) is 12.1 Å². The summed E-state index contributed by atoms with van der Waals surface area (Å²) in [5.74, 6) is 0. The molecule has 0 bridgehead atoms. The summed E-state index contributed by atoms with van der Waals surface area (Å²) in [7, 11) is 0. The van der Waals surface area contributed by atoms with Crippen molar-refractivity contribution < 1.29 is 4.74 Å². The highest BCUT2D eigenvalue weighted by Gasteiger charge is 2.13. The first-order chi connectivity index (χ1) is 7.75. The molecule has 1 atom stereocenters. The van der Waals surface area contributed by atoms with E-state index in [0.29, 0.717) is 6.04 Å². The Morgan fingerprint density at radius 1 is 1.50 bits per heavy atom. The second-order valence-corrected chi connectivity index (χ2v) is 4.80. The molecule has 16 heavy (non-hydrogen) atoms. The lowest BCUT2D eigenvalue weighted by atomic mass is 10.1. The molecule has 1 aliphatic rings. The van der Waals surface area contributed by atoms with E-state index in [-0.39, 0.29) is 0 Å². The van der Waals surface area contributed by atoms with Gasteiger partial charge in [0.15, 0.2) is 0 Å². The van der Waals surface area contributed by atoms with Gasteiger partial charge in [-0.3, -0.25) is 0 Å². The molecule has 0 aromatic heterocycles. The van der Waals surface area contributed by atoms with E-state index in [2.05, 4.69) is 18.3 Å². The molecule has 1 aromatic carbocycles. The lowest BCUT2D eigenvalue weighted by Gasteiger charge is -2.23. The largest absolute Gasteiger partial charge is 0.380 e. The number of ether oxygens (including phenoxy) is 1. The van der Waals surface area contributed by atoms with Crippen LogP contribution in [0.5, 0.6) is 0 Å². The molecular formula is C13H18ClNO. The SMILES string of the molecule is Cc1cc(Cl)ccc1CNC1CCCOC1. The molecule has 0 aliphatic carbocycles. The second kappa shape index (κ2) is 5.67. The highest BCUT2D eigenvalue weighted by atomic mass is 35.5. The van der Waals surface area contributed by atoms with Crippen molar-refractivity contribution >= 4 is 11.6 Å². The summed E-state index contributed by atoms with van der Waals surface area (Å²) < 4.78 is 5.44. The van der Waals surface area contributed by atoms with E-state index in [4.69, 9.17) is 16.3 Å². The Morgan fingerprint density at radius 2 is 2.38 bits per heavy atom. The molecule has 1 aliphatic heterocycles. The zero-order valence-electron chi connectivity index (χ0n) is 9.63. The topological polar surface area (TPSA) is 21.3 Å². The van der Waals surface area contributed by atoms with Crippen molar-refractivity contribution in [1.29, 1.82) is 0 Å². The molecule has 1 aromatic rings. The molecule has 2 nitrogen and oxygen atoms in total. The monoisotopic (exact) mass is 239 g/mol. The normalized spacial score (nSPS) is 21.0. The van der Waals surface area contributed by atoms with Crippen LogP contribution in [0, 0.1) is 6.92 Å². The number of nitrogens with one attached hydrogen (secondary N) is 1. The van der Waals surface area contributed by atoms with Gasteiger partial charge in [-0.15, -0.1) is 0 Å². The minimum absolute atomic E-state index is 0.504. The Labute approximate surface area is 102 Å². The Kier molecular flexibility index (Phi) is 4.22. The zero-order chi connectivity index (χ0) is 11.4. The van der Waals surface area contributed by atoms with Gasteiger partial charge < -0.3 is 10.1 Å². The van der Waals surface area contributed by atoms with Gasteiger partial charge in [0.1, 0.15) is 0 Å². The fourth-order valence-corrected chi connectivity index (χ4v) is 2.24. The van der Waals surface area contributed by atoms with Crippen molar-refractivity contribution in [2.75, 3.05) is 13.2 Å². The van der Waals surface area contributed by atoms with Crippen LogP contribution >= 0.6 is 11.6 Å². The number of benzene rings is 1. The van der Waals surface area contributed by atoms with Crippen LogP contribution in [0.1, 0.15) is 24.0 Å². The lowest BCUT2D eigenvalue weighted by molar-refractivity contribution is 0.0699. The molecule has 0 radical (unpaired) electrons. The highest BCUT2D eigenvalue weighted by Crippen LogP contribution is 2.15. The summed E-state index contributed by atoms with van der Waals surface area (Å²) in [5.41, 5.74) is 2.56. The van der Waals surface area contributed by atoms with Crippen LogP contribution < -0.4 is 5.32 Å². The first-order valence-electron chi connectivity index (χ1n) is 5.82. The molecule has 1 saturated heterocycles. The van der Waals surface area contributed by atoms with Gasteiger partial charge in [-0.2, -0.15) is 0 Å². The zero-order valence-corrected chi connectivity index (χ0v) is 10.4. The summed E-state index contributed by atoms with van der Waals surface area (Å²) in [6.07, 6.45) is 2.38. The summed E-state index contributed by atoms with van der Waals surface area (Å²) in [4.78, 5) is 0. The predicted octanol–water partition coefficient (Wildman–Crippen LogP) is 2.92. The van der Waals surface area contributed by atoms with Gasteiger partial charge in [0, 0.05) is 24.2 Å². The molecule has 0 amide bonds. The first kappa shape index (κ1) is 11.9. The maximum Gasteiger partial charge on any atom is 0.0619 e. The van der Waals surface area contributed by atoms with E-state index in [9.17, 15) is 0 Å². The minimum Gasteiger partial charge on any atom is -0.380 e. The van der Waals surface area contributed by atoms with Gasteiger partial charge in [0.05, 0.1) is 6.61 Å². The van der Waals surface area contributed by atoms with Crippen molar-refractivity contribution in [2.24, 2.45) is 0 Å². The molecule has 3 heteroatoms. The number of aryl methyl sites for hydroxylation is 1. The molecule has 1 N–H and O–H groups in total. The number of hydrogen-bond acceptors (Lipinski definition) is 2. The summed E-state index contributed by atoms with van der Waals surface area (Å²) in [6, 6.07) is 6.55. The van der Waals surface area contributed by atoms with E-state index in [0.717, 1.165) is 31.2 Å². The summed E-state index contributed by atoms with van der Waals surface area (Å²) >= 11 is 5.93. The maximum atomic E-state index is 5.93. The fourth-order valence-electron chi connectivity index (χ4n) is 2.01. The van der Waals surface area contributed by atoms with E-state index in [1.165, 1.54) is 17.5 Å².